The van der Waals surface area contributed by atoms with E-state index in [0.717, 1.165) is 39.8 Å². The van der Waals surface area contributed by atoms with Crippen molar-refractivity contribution >= 4 is 0 Å². The molecule has 2 nitrogen and oxygen atoms in total. The Balaban J connectivity index is 1.63. The standard InChI is InChI=1S/C29H28O2/c1-20-13-24(18-26(28(20)30)16-22-9-5-3-6-10-22)15-25-14-21(2)29(31)27(19-25)17-23-11-7-4-8-12-23/h3-14,18-19,30-31H,15-17H2,1-2H3. The predicted octanol–water partition coefficient (Wildman–Crippen LogP) is 6.49. The van der Waals surface area contributed by atoms with Gasteiger partial charge in [-0.15, -0.1) is 0 Å². The van der Waals surface area contributed by atoms with Gasteiger partial charge >= 0.3 is 0 Å². The molecule has 31 heavy (non-hydrogen) atoms. The molecule has 0 saturated carbocycles. The van der Waals surface area contributed by atoms with Crippen molar-refractivity contribution in [3.05, 3.63) is 129 Å². The summed E-state index contributed by atoms with van der Waals surface area (Å²) >= 11 is 0. The minimum atomic E-state index is 0.374. The molecule has 0 aliphatic rings. The summed E-state index contributed by atoms with van der Waals surface area (Å²) in [5.74, 6) is 0.749. The smallest absolute Gasteiger partial charge is 0.122 e. The van der Waals surface area contributed by atoms with Crippen LogP contribution >= 0.6 is 0 Å². The number of hydrogen-bond donors (Lipinski definition) is 2. The highest BCUT2D eigenvalue weighted by Crippen LogP contribution is 2.30. The molecular formula is C29H28O2. The van der Waals surface area contributed by atoms with Gasteiger partial charge in [0.25, 0.3) is 0 Å². The Morgan fingerprint density at radius 2 is 0.871 bits per heavy atom. The maximum Gasteiger partial charge on any atom is 0.122 e. The van der Waals surface area contributed by atoms with Gasteiger partial charge in [0.15, 0.2) is 0 Å². The summed E-state index contributed by atoms with van der Waals surface area (Å²) in [5, 5.41) is 21.2. The summed E-state index contributed by atoms with van der Waals surface area (Å²) < 4.78 is 0. The van der Waals surface area contributed by atoms with Gasteiger partial charge in [-0.25, -0.2) is 0 Å². The molecule has 0 atom stereocenters. The van der Waals surface area contributed by atoms with Crippen molar-refractivity contribution in [3.63, 3.8) is 0 Å². The lowest BCUT2D eigenvalue weighted by atomic mass is 9.93. The summed E-state index contributed by atoms with van der Waals surface area (Å²) in [6, 6.07) is 28.8. The van der Waals surface area contributed by atoms with Gasteiger partial charge in [0.05, 0.1) is 0 Å². The van der Waals surface area contributed by atoms with Crippen molar-refractivity contribution in [2.24, 2.45) is 0 Å². The number of benzene rings is 4. The summed E-state index contributed by atoms with van der Waals surface area (Å²) in [5.41, 5.74) is 8.36. The Morgan fingerprint density at radius 3 is 1.26 bits per heavy atom. The van der Waals surface area contributed by atoms with E-state index in [2.05, 4.69) is 48.5 Å². The number of phenols is 2. The van der Waals surface area contributed by atoms with Crippen molar-refractivity contribution < 1.29 is 10.2 Å². The second-order valence-electron chi connectivity index (χ2n) is 8.34. The van der Waals surface area contributed by atoms with Crippen molar-refractivity contribution in [1.82, 2.24) is 0 Å². The first-order chi connectivity index (χ1) is 15.0. The minimum absolute atomic E-state index is 0.374. The zero-order valence-electron chi connectivity index (χ0n) is 18.1. The van der Waals surface area contributed by atoms with E-state index in [9.17, 15) is 10.2 Å². The van der Waals surface area contributed by atoms with Gasteiger partial charge in [0.2, 0.25) is 0 Å². The van der Waals surface area contributed by atoms with E-state index in [1.807, 2.05) is 50.2 Å². The van der Waals surface area contributed by atoms with E-state index in [1.165, 1.54) is 11.1 Å². The van der Waals surface area contributed by atoms with Crippen molar-refractivity contribution in [2.75, 3.05) is 0 Å². The van der Waals surface area contributed by atoms with Crippen LogP contribution in [0.15, 0.2) is 84.9 Å². The number of aryl methyl sites for hydroxylation is 2. The first-order valence-corrected chi connectivity index (χ1v) is 10.7. The van der Waals surface area contributed by atoms with Gasteiger partial charge in [-0.2, -0.15) is 0 Å². The molecule has 0 fully saturated rings. The van der Waals surface area contributed by atoms with Crippen LogP contribution in [0, 0.1) is 13.8 Å². The number of hydrogen-bond acceptors (Lipinski definition) is 2. The minimum Gasteiger partial charge on any atom is -0.507 e. The number of rotatable bonds is 6. The molecule has 0 unspecified atom stereocenters. The molecule has 2 N–H and O–H groups in total. The molecular weight excluding hydrogens is 380 g/mol. The molecule has 0 bridgehead atoms. The lowest BCUT2D eigenvalue weighted by Gasteiger charge is -2.14. The van der Waals surface area contributed by atoms with Gasteiger partial charge in [-0.05, 0) is 64.8 Å². The monoisotopic (exact) mass is 408 g/mol. The fourth-order valence-electron chi connectivity index (χ4n) is 4.21. The van der Waals surface area contributed by atoms with Gasteiger partial charge in [-0.1, -0.05) is 84.9 Å². The second kappa shape index (κ2) is 9.09. The lowest BCUT2D eigenvalue weighted by molar-refractivity contribution is 0.465. The first-order valence-electron chi connectivity index (χ1n) is 10.7. The van der Waals surface area contributed by atoms with Crippen LogP contribution in [0.2, 0.25) is 0 Å². The van der Waals surface area contributed by atoms with Crippen LogP contribution < -0.4 is 0 Å². The average Bonchev–Trinajstić information content (AvgIpc) is 2.76. The largest absolute Gasteiger partial charge is 0.507 e. The predicted molar refractivity (Wildman–Crippen MR) is 127 cm³/mol. The van der Waals surface area contributed by atoms with Crippen LogP contribution in [0.1, 0.15) is 44.5 Å². The van der Waals surface area contributed by atoms with Gasteiger partial charge in [0, 0.05) is 12.8 Å². The third-order valence-electron chi connectivity index (χ3n) is 5.76. The van der Waals surface area contributed by atoms with E-state index in [-0.39, 0.29) is 0 Å². The molecule has 0 spiro atoms. The van der Waals surface area contributed by atoms with Crippen LogP contribution in [0.3, 0.4) is 0 Å². The first kappa shape index (κ1) is 20.7. The Morgan fingerprint density at radius 1 is 0.484 bits per heavy atom. The quantitative estimate of drug-likeness (QED) is 0.383. The van der Waals surface area contributed by atoms with Crippen LogP contribution in [-0.2, 0) is 19.3 Å². The molecule has 4 aromatic carbocycles. The Hall–Kier alpha value is -3.52. The Bertz CT molecular complexity index is 1080. The van der Waals surface area contributed by atoms with Crippen LogP contribution in [0.4, 0.5) is 0 Å². The van der Waals surface area contributed by atoms with Gasteiger partial charge in [-0.3, -0.25) is 0 Å². The molecule has 0 amide bonds. The van der Waals surface area contributed by atoms with Gasteiger partial charge < -0.3 is 10.2 Å². The summed E-state index contributed by atoms with van der Waals surface area (Å²) in [4.78, 5) is 0. The lowest BCUT2D eigenvalue weighted by Crippen LogP contribution is -1.98. The summed E-state index contributed by atoms with van der Waals surface area (Å²) in [7, 11) is 0. The normalized spacial score (nSPS) is 10.9. The number of aromatic hydroxyl groups is 2. The van der Waals surface area contributed by atoms with Crippen LogP contribution in [0.5, 0.6) is 11.5 Å². The molecule has 0 aliphatic carbocycles. The highest BCUT2D eigenvalue weighted by atomic mass is 16.3. The summed E-state index contributed by atoms with van der Waals surface area (Å²) in [6.07, 6.45) is 2.16. The zero-order chi connectivity index (χ0) is 21.8. The zero-order valence-corrected chi connectivity index (χ0v) is 18.1. The molecule has 0 aliphatic heterocycles. The molecule has 0 saturated heterocycles. The van der Waals surface area contributed by atoms with Gasteiger partial charge in [0.1, 0.15) is 11.5 Å². The molecule has 0 aromatic heterocycles. The Kier molecular flexibility index (Phi) is 6.08. The molecule has 156 valence electrons. The molecule has 2 heteroatoms. The fraction of sp³-hybridized carbons (Fsp3) is 0.172. The number of phenolic OH excluding ortho intramolecular Hbond substituents is 2. The van der Waals surface area contributed by atoms with E-state index in [1.54, 1.807) is 0 Å². The highest BCUT2D eigenvalue weighted by molar-refractivity contribution is 5.49. The SMILES string of the molecule is Cc1cc(Cc2cc(C)c(O)c(Cc3ccccc3)c2)cc(Cc2ccccc2)c1O. The Labute approximate surface area is 184 Å². The topological polar surface area (TPSA) is 40.5 Å². The van der Waals surface area contributed by atoms with E-state index >= 15 is 0 Å². The maximum absolute atomic E-state index is 10.6. The van der Waals surface area contributed by atoms with Crippen molar-refractivity contribution in [2.45, 2.75) is 33.1 Å². The second-order valence-corrected chi connectivity index (χ2v) is 8.34. The fourth-order valence-corrected chi connectivity index (χ4v) is 4.21. The van der Waals surface area contributed by atoms with Crippen LogP contribution in [0.25, 0.3) is 0 Å². The third-order valence-corrected chi connectivity index (χ3v) is 5.76. The van der Waals surface area contributed by atoms with E-state index < -0.39 is 0 Å². The summed E-state index contributed by atoms with van der Waals surface area (Å²) in [6.45, 7) is 3.91. The third kappa shape index (κ3) is 4.97. The van der Waals surface area contributed by atoms with Crippen LogP contribution in [-0.4, -0.2) is 10.2 Å². The van der Waals surface area contributed by atoms with E-state index in [4.69, 9.17) is 0 Å². The van der Waals surface area contributed by atoms with Crippen molar-refractivity contribution in [3.8, 4) is 11.5 Å². The highest BCUT2D eigenvalue weighted by Gasteiger charge is 2.12. The average molecular weight is 409 g/mol. The maximum atomic E-state index is 10.6. The molecule has 4 aromatic rings. The molecule has 0 heterocycles. The molecule has 0 radical (unpaired) electrons. The van der Waals surface area contributed by atoms with E-state index in [0.29, 0.717) is 24.3 Å². The van der Waals surface area contributed by atoms with Crippen molar-refractivity contribution in [1.29, 1.82) is 0 Å². The molecule has 4 rings (SSSR count).